The average molecular weight is 550 g/mol. The van der Waals surface area contributed by atoms with Gasteiger partial charge in [0.2, 0.25) is 5.95 Å². The van der Waals surface area contributed by atoms with Gasteiger partial charge in [0.05, 0.1) is 25.7 Å². The van der Waals surface area contributed by atoms with E-state index < -0.39 is 0 Å². The average Bonchev–Trinajstić information content (AvgIpc) is 3.53. The minimum Gasteiger partial charge on any atom is -0.493 e. The number of hydrogen-bond acceptors (Lipinski definition) is 8. The number of pyridine rings is 1. The van der Waals surface area contributed by atoms with Crippen molar-refractivity contribution in [3.05, 3.63) is 103 Å². The smallest absolute Gasteiger partial charge is 0.255 e. The van der Waals surface area contributed by atoms with Gasteiger partial charge in [0.25, 0.3) is 5.91 Å². The summed E-state index contributed by atoms with van der Waals surface area (Å²) in [5.41, 5.74) is 4.50. The fourth-order valence-electron chi connectivity index (χ4n) is 4.18. The van der Waals surface area contributed by atoms with Crippen LogP contribution in [0.15, 0.2) is 91.9 Å². The first-order chi connectivity index (χ1) is 20.1. The molecule has 5 rings (SSSR count). The van der Waals surface area contributed by atoms with E-state index in [9.17, 15) is 4.79 Å². The van der Waals surface area contributed by atoms with Crippen LogP contribution in [0.25, 0.3) is 11.3 Å². The fourth-order valence-corrected chi connectivity index (χ4v) is 4.18. The molecule has 0 bridgehead atoms. The highest BCUT2D eigenvalue weighted by molar-refractivity contribution is 6.05. The maximum absolute atomic E-state index is 13.2. The molecule has 2 aromatic carbocycles. The highest BCUT2D eigenvalue weighted by Gasteiger charge is 2.13. The number of imidazole rings is 1. The molecule has 0 aliphatic carbocycles. The van der Waals surface area contributed by atoms with E-state index in [1.54, 1.807) is 56.4 Å². The number of hydrogen-bond donors (Lipinski definition) is 2. The molecule has 3 heterocycles. The van der Waals surface area contributed by atoms with E-state index >= 15 is 0 Å². The Labute approximate surface area is 238 Å². The zero-order chi connectivity index (χ0) is 28.4. The Morgan fingerprint density at radius 3 is 2.71 bits per heavy atom. The maximum atomic E-state index is 13.2. The third kappa shape index (κ3) is 7.24. The predicted octanol–water partition coefficient (Wildman–Crippen LogP) is 5.91. The summed E-state index contributed by atoms with van der Waals surface area (Å²) >= 11 is 0. The van der Waals surface area contributed by atoms with Crippen molar-refractivity contribution >= 4 is 23.2 Å². The van der Waals surface area contributed by atoms with Gasteiger partial charge in [0.15, 0.2) is 11.5 Å². The van der Waals surface area contributed by atoms with Crippen LogP contribution in [0.5, 0.6) is 11.5 Å². The molecule has 0 unspecified atom stereocenters. The number of methoxy groups -OCH3 is 1. The van der Waals surface area contributed by atoms with Crippen molar-refractivity contribution in [3.63, 3.8) is 0 Å². The normalized spacial score (nSPS) is 10.7. The molecular formula is C31H31N7O3. The number of anilines is 3. The van der Waals surface area contributed by atoms with Crippen molar-refractivity contribution in [2.75, 3.05) is 24.4 Å². The van der Waals surface area contributed by atoms with Crippen LogP contribution in [0.2, 0.25) is 0 Å². The third-order valence-corrected chi connectivity index (χ3v) is 6.41. The molecule has 0 saturated heterocycles. The zero-order valence-electron chi connectivity index (χ0n) is 22.9. The molecule has 10 nitrogen and oxygen atoms in total. The van der Waals surface area contributed by atoms with Gasteiger partial charge in [0.1, 0.15) is 0 Å². The highest BCUT2D eigenvalue weighted by atomic mass is 16.5. The molecule has 0 atom stereocenters. The van der Waals surface area contributed by atoms with Crippen LogP contribution in [0, 0.1) is 6.92 Å². The number of rotatable bonds is 12. The van der Waals surface area contributed by atoms with Crippen molar-refractivity contribution < 1.29 is 14.3 Å². The first-order valence-electron chi connectivity index (χ1n) is 13.3. The number of aryl methyl sites for hydroxylation is 2. The van der Waals surface area contributed by atoms with E-state index in [1.807, 2.05) is 54.1 Å². The number of nitrogens with one attached hydrogen (secondary N) is 2. The van der Waals surface area contributed by atoms with Crippen molar-refractivity contribution in [3.8, 4) is 22.8 Å². The van der Waals surface area contributed by atoms with Crippen LogP contribution < -0.4 is 20.1 Å². The summed E-state index contributed by atoms with van der Waals surface area (Å²) in [5.74, 6) is 1.29. The zero-order valence-corrected chi connectivity index (χ0v) is 22.9. The summed E-state index contributed by atoms with van der Waals surface area (Å²) in [6.07, 6.45) is 12.5. The van der Waals surface area contributed by atoms with Crippen molar-refractivity contribution in [1.29, 1.82) is 0 Å². The first-order valence-corrected chi connectivity index (χ1v) is 13.3. The van der Waals surface area contributed by atoms with Gasteiger partial charge >= 0.3 is 0 Å². The monoisotopic (exact) mass is 549 g/mol. The number of carbonyl (C=O) groups is 1. The SMILES string of the molecule is COc1ccc(C(=O)Nc2ccc(C)c(Nc3nccc(-c4cccnc4)n3)c2)cc1OCCCCn1ccnc1. The van der Waals surface area contributed by atoms with Crippen LogP contribution in [0.4, 0.5) is 17.3 Å². The number of benzene rings is 2. The summed E-state index contributed by atoms with van der Waals surface area (Å²) in [5, 5.41) is 6.24. The second kappa shape index (κ2) is 13.2. The number of amides is 1. The maximum Gasteiger partial charge on any atom is 0.255 e. The second-order valence-corrected chi connectivity index (χ2v) is 9.34. The standard InChI is InChI=1S/C31H31N7O3/c1-22-7-9-25(19-27(22)37-31-34-13-11-26(36-31)24-6-5-12-32-20-24)35-30(39)23-8-10-28(40-2)29(18-23)41-17-4-3-15-38-16-14-33-21-38/h5-14,16,18-21H,3-4,15,17H2,1-2H3,(H,35,39)(H,34,36,37). The van der Waals surface area contributed by atoms with Gasteiger partial charge in [-0.3, -0.25) is 9.78 Å². The Morgan fingerprint density at radius 1 is 0.976 bits per heavy atom. The Balaban J connectivity index is 1.23. The van der Waals surface area contributed by atoms with Crippen molar-refractivity contribution in [1.82, 2.24) is 24.5 Å². The summed E-state index contributed by atoms with van der Waals surface area (Å²) in [6, 6.07) is 16.4. The molecule has 208 valence electrons. The Morgan fingerprint density at radius 2 is 1.90 bits per heavy atom. The Bertz CT molecular complexity index is 1590. The lowest BCUT2D eigenvalue weighted by Crippen LogP contribution is -2.13. The van der Waals surface area contributed by atoms with E-state index in [4.69, 9.17) is 9.47 Å². The molecular weight excluding hydrogens is 518 g/mol. The molecule has 10 heteroatoms. The Kier molecular flexibility index (Phi) is 8.80. The van der Waals surface area contributed by atoms with Crippen molar-refractivity contribution in [2.24, 2.45) is 0 Å². The molecule has 2 N–H and O–H groups in total. The van der Waals surface area contributed by atoms with Gasteiger partial charge in [-0.1, -0.05) is 6.07 Å². The van der Waals surface area contributed by atoms with E-state index in [2.05, 4.69) is 30.6 Å². The predicted molar refractivity (Wildman–Crippen MR) is 158 cm³/mol. The lowest BCUT2D eigenvalue weighted by Gasteiger charge is -2.14. The largest absolute Gasteiger partial charge is 0.493 e. The van der Waals surface area contributed by atoms with E-state index in [1.165, 1.54) is 0 Å². The molecule has 0 spiro atoms. The Hall–Kier alpha value is -5.25. The number of carbonyl (C=O) groups excluding carboxylic acids is 1. The van der Waals surface area contributed by atoms with Gasteiger partial charge in [-0.2, -0.15) is 0 Å². The van der Waals surface area contributed by atoms with Crippen molar-refractivity contribution in [2.45, 2.75) is 26.3 Å². The molecule has 0 radical (unpaired) electrons. The van der Waals surface area contributed by atoms with E-state index in [-0.39, 0.29) is 5.91 Å². The number of aromatic nitrogens is 5. The van der Waals surface area contributed by atoms with Crippen LogP contribution >= 0.6 is 0 Å². The first kappa shape index (κ1) is 27.3. The van der Waals surface area contributed by atoms with Gasteiger partial charge < -0.3 is 24.7 Å². The molecule has 0 aliphatic rings. The summed E-state index contributed by atoms with van der Waals surface area (Å²) in [4.78, 5) is 30.3. The van der Waals surface area contributed by atoms with E-state index in [0.29, 0.717) is 35.3 Å². The summed E-state index contributed by atoms with van der Waals surface area (Å²) in [6.45, 7) is 3.35. The highest BCUT2D eigenvalue weighted by Crippen LogP contribution is 2.29. The lowest BCUT2D eigenvalue weighted by molar-refractivity contribution is 0.102. The molecule has 41 heavy (non-hydrogen) atoms. The van der Waals surface area contributed by atoms with Crippen LogP contribution in [-0.4, -0.2) is 44.1 Å². The summed E-state index contributed by atoms with van der Waals surface area (Å²) < 4.78 is 13.4. The minimum atomic E-state index is -0.262. The van der Waals surface area contributed by atoms with Crippen LogP contribution in [0.1, 0.15) is 28.8 Å². The quantitative estimate of drug-likeness (QED) is 0.185. The van der Waals surface area contributed by atoms with Gasteiger partial charge in [0, 0.05) is 60.0 Å². The number of unbranched alkanes of at least 4 members (excludes halogenated alkanes) is 1. The fraction of sp³-hybridized carbons (Fsp3) is 0.194. The van der Waals surface area contributed by atoms with Gasteiger partial charge in [-0.15, -0.1) is 0 Å². The molecule has 5 aromatic rings. The van der Waals surface area contributed by atoms with Gasteiger partial charge in [-0.05, 0) is 73.9 Å². The van der Waals surface area contributed by atoms with E-state index in [0.717, 1.165) is 41.9 Å². The molecule has 3 aromatic heterocycles. The van der Waals surface area contributed by atoms with Gasteiger partial charge in [-0.25, -0.2) is 15.0 Å². The molecule has 0 fully saturated rings. The second-order valence-electron chi connectivity index (χ2n) is 9.34. The number of nitrogens with zero attached hydrogens (tertiary/aromatic N) is 5. The number of ether oxygens (including phenoxy) is 2. The molecule has 1 amide bonds. The summed E-state index contributed by atoms with van der Waals surface area (Å²) in [7, 11) is 1.58. The third-order valence-electron chi connectivity index (χ3n) is 6.41. The molecule has 0 saturated carbocycles. The van der Waals surface area contributed by atoms with Crippen LogP contribution in [0.3, 0.4) is 0 Å². The topological polar surface area (TPSA) is 116 Å². The minimum absolute atomic E-state index is 0.262. The van der Waals surface area contributed by atoms with Crippen LogP contribution in [-0.2, 0) is 6.54 Å². The lowest BCUT2D eigenvalue weighted by atomic mass is 10.1. The molecule has 0 aliphatic heterocycles.